The molecule has 1 aromatic rings. The minimum Gasteiger partial charge on any atom is -0.494 e. The minimum atomic E-state index is 0. The summed E-state index contributed by atoms with van der Waals surface area (Å²) in [6.45, 7) is 3.69. The monoisotopic (exact) mass is 245 g/mol. The van der Waals surface area contributed by atoms with E-state index in [1.807, 2.05) is 37.3 Å². The second-order valence-electron chi connectivity index (χ2n) is 3.39. The van der Waals surface area contributed by atoms with Crippen LogP contribution in [0.1, 0.15) is 13.3 Å². The summed E-state index contributed by atoms with van der Waals surface area (Å²) in [6, 6.07) is 9.86. The highest BCUT2D eigenvalue weighted by atomic mass is 35.5. The highest BCUT2D eigenvalue weighted by Crippen LogP contribution is 2.08. The van der Waals surface area contributed by atoms with Gasteiger partial charge in [0.25, 0.3) is 0 Å². The first-order valence-electron chi connectivity index (χ1n) is 5.39. The average molecular weight is 246 g/mol. The molecule has 0 saturated heterocycles. The van der Waals surface area contributed by atoms with Crippen LogP contribution in [0, 0.1) is 0 Å². The van der Waals surface area contributed by atoms with Gasteiger partial charge in [0, 0.05) is 6.04 Å². The van der Waals surface area contributed by atoms with Crippen LogP contribution in [0.2, 0.25) is 0 Å². The van der Waals surface area contributed by atoms with E-state index in [2.05, 4.69) is 5.32 Å². The number of benzene rings is 1. The van der Waals surface area contributed by atoms with Crippen LogP contribution in [0.4, 0.5) is 0 Å². The third kappa shape index (κ3) is 5.95. The first kappa shape index (κ1) is 15.2. The zero-order chi connectivity index (χ0) is 10.9. The molecule has 0 aromatic heterocycles. The van der Waals surface area contributed by atoms with Crippen molar-refractivity contribution in [3.8, 4) is 5.75 Å². The maximum absolute atomic E-state index is 9.04. The summed E-state index contributed by atoms with van der Waals surface area (Å²) in [5, 5.41) is 12.2. The summed E-state index contributed by atoms with van der Waals surface area (Å²) in [4.78, 5) is 0. The lowest BCUT2D eigenvalue weighted by molar-refractivity contribution is 0.210. The molecule has 0 aliphatic heterocycles. The molecule has 1 unspecified atom stereocenters. The van der Waals surface area contributed by atoms with Gasteiger partial charge in [-0.05, 0) is 25.1 Å². The number of hydrogen-bond donors (Lipinski definition) is 2. The Morgan fingerprint density at radius 3 is 2.56 bits per heavy atom. The Balaban J connectivity index is 0.00000225. The fourth-order valence-electron chi connectivity index (χ4n) is 1.38. The van der Waals surface area contributed by atoms with Crippen LogP contribution in [0.3, 0.4) is 0 Å². The van der Waals surface area contributed by atoms with Crippen molar-refractivity contribution in [2.24, 2.45) is 0 Å². The van der Waals surface area contributed by atoms with Gasteiger partial charge >= 0.3 is 0 Å². The molecule has 3 nitrogen and oxygen atoms in total. The highest BCUT2D eigenvalue weighted by molar-refractivity contribution is 5.85. The van der Waals surface area contributed by atoms with E-state index in [0.717, 1.165) is 18.7 Å². The van der Waals surface area contributed by atoms with Crippen molar-refractivity contribution in [2.75, 3.05) is 19.8 Å². The molecule has 0 bridgehead atoms. The molecule has 0 radical (unpaired) electrons. The number of nitrogens with one attached hydrogen (secondary N) is 1. The molecule has 1 aromatic carbocycles. The number of aliphatic hydroxyl groups is 1. The van der Waals surface area contributed by atoms with Crippen LogP contribution in [0.5, 0.6) is 5.75 Å². The summed E-state index contributed by atoms with van der Waals surface area (Å²) in [6.07, 6.45) is 0.819. The molecule has 92 valence electrons. The third-order valence-electron chi connectivity index (χ3n) is 2.19. The number of para-hydroxylation sites is 1. The lowest BCUT2D eigenvalue weighted by Crippen LogP contribution is -2.33. The van der Waals surface area contributed by atoms with E-state index >= 15 is 0 Å². The van der Waals surface area contributed by atoms with E-state index in [1.165, 1.54) is 0 Å². The normalized spacial score (nSPS) is 11.6. The van der Waals surface area contributed by atoms with Gasteiger partial charge in [0.05, 0.1) is 13.2 Å². The van der Waals surface area contributed by atoms with Crippen LogP contribution in [0.15, 0.2) is 30.3 Å². The molecule has 0 fully saturated rings. The molecule has 1 atom stereocenters. The molecule has 4 heteroatoms. The summed E-state index contributed by atoms with van der Waals surface area (Å²) in [5.41, 5.74) is 0. The number of rotatable bonds is 7. The predicted molar refractivity (Wildman–Crippen MR) is 68.4 cm³/mol. The minimum absolute atomic E-state index is 0. The molecule has 0 saturated carbocycles. The maximum atomic E-state index is 9.04. The summed E-state index contributed by atoms with van der Waals surface area (Å²) in [7, 11) is 0. The molecule has 2 N–H and O–H groups in total. The van der Waals surface area contributed by atoms with Gasteiger partial charge in [-0.2, -0.15) is 0 Å². The van der Waals surface area contributed by atoms with Gasteiger partial charge < -0.3 is 15.2 Å². The number of likely N-dealkylation sites (N-methyl/N-ethyl adjacent to an activating group) is 1. The topological polar surface area (TPSA) is 41.5 Å². The van der Waals surface area contributed by atoms with Crippen molar-refractivity contribution in [1.29, 1.82) is 0 Å². The van der Waals surface area contributed by atoms with Crippen molar-refractivity contribution in [2.45, 2.75) is 19.4 Å². The van der Waals surface area contributed by atoms with Crippen molar-refractivity contribution >= 4 is 12.4 Å². The quantitative estimate of drug-likeness (QED) is 0.771. The van der Waals surface area contributed by atoms with Gasteiger partial charge in [-0.3, -0.25) is 0 Å². The second kappa shape index (κ2) is 9.46. The van der Waals surface area contributed by atoms with Crippen molar-refractivity contribution in [3.05, 3.63) is 30.3 Å². The molecule has 0 amide bonds. The molecule has 1 rings (SSSR count). The number of halogens is 1. The summed E-state index contributed by atoms with van der Waals surface area (Å²) >= 11 is 0. The highest BCUT2D eigenvalue weighted by Gasteiger charge is 2.04. The maximum Gasteiger partial charge on any atom is 0.119 e. The Kier molecular flexibility index (Phi) is 9.00. The lowest BCUT2D eigenvalue weighted by atomic mass is 10.2. The smallest absolute Gasteiger partial charge is 0.119 e. The Morgan fingerprint density at radius 2 is 2.00 bits per heavy atom. The zero-order valence-corrected chi connectivity index (χ0v) is 10.4. The van der Waals surface area contributed by atoms with Gasteiger partial charge in [-0.25, -0.2) is 0 Å². The molecular weight excluding hydrogens is 226 g/mol. The predicted octanol–water partition coefficient (Wildman–Crippen LogP) is 1.85. The van der Waals surface area contributed by atoms with Crippen molar-refractivity contribution < 1.29 is 9.84 Å². The van der Waals surface area contributed by atoms with E-state index in [9.17, 15) is 0 Å². The van der Waals surface area contributed by atoms with E-state index in [1.54, 1.807) is 0 Å². The number of aliphatic hydroxyl groups excluding tert-OH is 1. The van der Waals surface area contributed by atoms with Crippen LogP contribution >= 0.6 is 12.4 Å². The second-order valence-corrected chi connectivity index (χ2v) is 3.39. The van der Waals surface area contributed by atoms with Crippen LogP contribution in [-0.4, -0.2) is 30.9 Å². The third-order valence-corrected chi connectivity index (χ3v) is 2.19. The standard InChI is InChI=1S/C12H19NO2.ClH/c1-2-13-11(10-14)8-9-15-12-6-4-3-5-7-12;/h3-7,11,13-14H,2,8-10H2,1H3;1H. The Morgan fingerprint density at radius 1 is 1.31 bits per heavy atom. The first-order valence-corrected chi connectivity index (χ1v) is 5.39. The summed E-state index contributed by atoms with van der Waals surface area (Å²) < 4.78 is 5.53. The average Bonchev–Trinajstić information content (AvgIpc) is 2.29. The zero-order valence-electron chi connectivity index (χ0n) is 9.56. The Hall–Kier alpha value is -0.770. The number of ether oxygens (including phenoxy) is 1. The van der Waals surface area contributed by atoms with E-state index < -0.39 is 0 Å². The SMILES string of the molecule is CCNC(CO)CCOc1ccccc1.Cl. The summed E-state index contributed by atoms with van der Waals surface area (Å²) in [5.74, 6) is 0.880. The fraction of sp³-hybridized carbons (Fsp3) is 0.500. The van der Waals surface area contributed by atoms with Gasteiger partial charge in [0.15, 0.2) is 0 Å². The lowest BCUT2D eigenvalue weighted by Gasteiger charge is -2.15. The van der Waals surface area contributed by atoms with Crippen LogP contribution < -0.4 is 10.1 Å². The van der Waals surface area contributed by atoms with Crippen LogP contribution in [0.25, 0.3) is 0 Å². The van der Waals surface area contributed by atoms with Gasteiger partial charge in [0.1, 0.15) is 5.75 Å². The molecule has 0 aliphatic carbocycles. The van der Waals surface area contributed by atoms with Crippen molar-refractivity contribution in [3.63, 3.8) is 0 Å². The van der Waals surface area contributed by atoms with Crippen LogP contribution in [-0.2, 0) is 0 Å². The molecule has 0 aliphatic rings. The molecular formula is C12H20ClNO2. The van der Waals surface area contributed by atoms with Crippen molar-refractivity contribution in [1.82, 2.24) is 5.32 Å². The van der Waals surface area contributed by atoms with E-state index in [0.29, 0.717) is 6.61 Å². The Bertz CT molecular complexity index is 256. The fourth-order valence-corrected chi connectivity index (χ4v) is 1.38. The largest absolute Gasteiger partial charge is 0.494 e. The first-order chi connectivity index (χ1) is 7.36. The number of hydrogen-bond acceptors (Lipinski definition) is 3. The van der Waals surface area contributed by atoms with Gasteiger partial charge in [0.2, 0.25) is 0 Å². The van der Waals surface area contributed by atoms with E-state index in [4.69, 9.17) is 9.84 Å². The van der Waals surface area contributed by atoms with Gasteiger partial charge in [-0.1, -0.05) is 25.1 Å². The molecule has 0 heterocycles. The van der Waals surface area contributed by atoms with E-state index in [-0.39, 0.29) is 25.1 Å². The molecule has 0 spiro atoms. The molecule has 16 heavy (non-hydrogen) atoms. The van der Waals surface area contributed by atoms with Gasteiger partial charge in [-0.15, -0.1) is 12.4 Å². The Labute approximate surface area is 103 Å².